The summed E-state index contributed by atoms with van der Waals surface area (Å²) in [4.78, 5) is 51.8. The largest absolute Gasteiger partial charge is 0.465 e. The molecule has 1 fully saturated rings. The Kier molecular flexibility index (Phi) is 5.16. The van der Waals surface area contributed by atoms with Gasteiger partial charge in [0.15, 0.2) is 0 Å². The molecule has 1 saturated heterocycles. The maximum Gasteiger partial charge on any atom is 0.340 e. The summed E-state index contributed by atoms with van der Waals surface area (Å²) in [5, 5.41) is 2.65. The lowest BCUT2D eigenvalue weighted by molar-refractivity contribution is -0.130. The number of methoxy groups -OCH3 is 1. The summed E-state index contributed by atoms with van der Waals surface area (Å²) < 4.78 is 4.86. The van der Waals surface area contributed by atoms with Gasteiger partial charge in [-0.3, -0.25) is 14.4 Å². The van der Waals surface area contributed by atoms with Crippen LogP contribution in [0.3, 0.4) is 0 Å². The molecule has 0 bridgehead atoms. The van der Waals surface area contributed by atoms with Crippen LogP contribution < -0.4 is 10.2 Å². The average molecular weight is 373 g/mol. The first-order chi connectivity index (χ1) is 12.8. The van der Waals surface area contributed by atoms with Gasteiger partial charge in [0, 0.05) is 52.0 Å². The Bertz CT molecular complexity index is 820. The van der Waals surface area contributed by atoms with E-state index in [1.54, 1.807) is 17.0 Å². The number of nitrogens with zero attached hydrogens (tertiary/aromatic N) is 2. The number of hydrogen-bond donors (Lipinski definition) is 1. The summed E-state index contributed by atoms with van der Waals surface area (Å²) >= 11 is 0. The molecule has 8 nitrogen and oxygen atoms in total. The van der Waals surface area contributed by atoms with Gasteiger partial charge in [-0.05, 0) is 17.7 Å². The number of carbonyl (C=O) groups excluding carboxylic acids is 4. The smallest absolute Gasteiger partial charge is 0.340 e. The molecule has 1 aromatic rings. The van der Waals surface area contributed by atoms with Crippen LogP contribution >= 0.6 is 0 Å². The van der Waals surface area contributed by atoms with Crippen molar-refractivity contribution < 1.29 is 23.9 Å². The van der Waals surface area contributed by atoms with Gasteiger partial charge >= 0.3 is 5.97 Å². The minimum atomic E-state index is -0.559. The van der Waals surface area contributed by atoms with Gasteiger partial charge in [-0.25, -0.2) is 4.79 Å². The highest BCUT2D eigenvalue weighted by Crippen LogP contribution is 2.35. The number of anilines is 2. The van der Waals surface area contributed by atoms with Crippen LogP contribution in [0.2, 0.25) is 0 Å². The van der Waals surface area contributed by atoms with Crippen molar-refractivity contribution in [3.8, 4) is 0 Å². The fourth-order valence-corrected chi connectivity index (χ4v) is 3.79. The van der Waals surface area contributed by atoms with Crippen molar-refractivity contribution in [2.45, 2.75) is 32.7 Å². The van der Waals surface area contributed by atoms with Gasteiger partial charge in [-0.15, -0.1) is 0 Å². The predicted molar refractivity (Wildman–Crippen MR) is 98.8 cm³/mol. The monoisotopic (exact) mass is 373 g/mol. The molecule has 1 N–H and O–H groups in total. The summed E-state index contributed by atoms with van der Waals surface area (Å²) in [5.41, 5.74) is 2.12. The lowest BCUT2D eigenvalue weighted by Crippen LogP contribution is -2.54. The molecule has 2 aliphatic rings. The summed E-state index contributed by atoms with van der Waals surface area (Å²) in [7, 11) is 1.28. The van der Waals surface area contributed by atoms with E-state index in [0.29, 0.717) is 31.7 Å². The molecule has 0 saturated carbocycles. The Hall–Kier alpha value is -2.90. The van der Waals surface area contributed by atoms with Gasteiger partial charge in [0.1, 0.15) is 5.78 Å². The molecule has 27 heavy (non-hydrogen) atoms. The van der Waals surface area contributed by atoms with Crippen LogP contribution in [-0.4, -0.2) is 61.3 Å². The van der Waals surface area contributed by atoms with Crippen LogP contribution in [0.5, 0.6) is 0 Å². The fraction of sp³-hybridized carbons (Fsp3) is 0.474. The summed E-state index contributed by atoms with van der Waals surface area (Å²) in [6.45, 7) is 4.48. The first kappa shape index (κ1) is 18.9. The average Bonchev–Trinajstić information content (AvgIpc) is 2.73. The first-order valence-electron chi connectivity index (χ1n) is 8.86. The highest BCUT2D eigenvalue weighted by Gasteiger charge is 2.35. The minimum absolute atomic E-state index is 0.0113. The second-order valence-corrected chi connectivity index (χ2v) is 6.93. The number of amides is 2. The lowest BCUT2D eigenvalue weighted by Gasteiger charge is -2.42. The Morgan fingerprint density at radius 3 is 2.56 bits per heavy atom. The van der Waals surface area contributed by atoms with Gasteiger partial charge < -0.3 is 19.9 Å². The highest BCUT2D eigenvalue weighted by atomic mass is 16.5. The van der Waals surface area contributed by atoms with Crippen LogP contribution in [0.4, 0.5) is 11.4 Å². The predicted octanol–water partition coefficient (Wildman–Crippen LogP) is 0.984. The van der Waals surface area contributed by atoms with Crippen LogP contribution in [-0.2, 0) is 25.5 Å². The Morgan fingerprint density at radius 1 is 1.19 bits per heavy atom. The third-order valence-corrected chi connectivity index (χ3v) is 5.02. The van der Waals surface area contributed by atoms with Gasteiger partial charge in [0.2, 0.25) is 11.8 Å². The van der Waals surface area contributed by atoms with Crippen molar-refractivity contribution in [1.82, 2.24) is 4.90 Å². The second-order valence-electron chi connectivity index (χ2n) is 6.93. The summed E-state index contributed by atoms with van der Waals surface area (Å²) in [6.07, 6.45) is 0.554. The quantitative estimate of drug-likeness (QED) is 0.777. The van der Waals surface area contributed by atoms with E-state index in [4.69, 9.17) is 4.74 Å². The molecule has 1 aromatic carbocycles. The molecule has 0 aliphatic carbocycles. The molecule has 0 radical (unpaired) electrons. The van der Waals surface area contributed by atoms with Crippen molar-refractivity contribution in [2.75, 3.05) is 37.0 Å². The number of esters is 1. The number of rotatable bonds is 2. The zero-order valence-corrected chi connectivity index (χ0v) is 15.7. The number of hydrogen-bond acceptors (Lipinski definition) is 6. The first-order valence-corrected chi connectivity index (χ1v) is 8.86. The standard InChI is InChI=1S/C19H23N3O5/c1-11(23)20-17-7-13-6-15(25)8-14-10-21(12(2)24)4-5-22(14)18(13)9-16(17)19(26)27-3/h7,9,14H,4-6,8,10H2,1-3H3,(H,20,23). The van der Waals surface area contributed by atoms with E-state index in [9.17, 15) is 19.2 Å². The van der Waals surface area contributed by atoms with Crippen LogP contribution in [0.1, 0.15) is 36.2 Å². The topological polar surface area (TPSA) is 96.0 Å². The molecule has 144 valence electrons. The normalized spacial score (nSPS) is 18.9. The fourth-order valence-electron chi connectivity index (χ4n) is 3.79. The van der Waals surface area contributed by atoms with Crippen LogP contribution in [0.15, 0.2) is 12.1 Å². The van der Waals surface area contributed by atoms with Crippen molar-refractivity contribution in [2.24, 2.45) is 0 Å². The van der Waals surface area contributed by atoms with Crippen molar-refractivity contribution >= 4 is 34.9 Å². The van der Waals surface area contributed by atoms with Gasteiger partial charge in [-0.1, -0.05) is 0 Å². The number of piperazine rings is 1. The number of ketones is 1. The molecular weight excluding hydrogens is 350 g/mol. The summed E-state index contributed by atoms with van der Waals surface area (Å²) in [6, 6.07) is 3.23. The maximum absolute atomic E-state index is 12.5. The molecular formula is C19H23N3O5. The zero-order valence-electron chi connectivity index (χ0n) is 15.7. The number of fused-ring (bicyclic) bond motifs is 3. The zero-order chi connectivity index (χ0) is 19.7. The van der Waals surface area contributed by atoms with Gasteiger partial charge in [0.25, 0.3) is 0 Å². The third-order valence-electron chi connectivity index (χ3n) is 5.02. The number of ether oxygens (including phenoxy) is 1. The number of nitrogens with one attached hydrogen (secondary N) is 1. The molecule has 2 aliphatic heterocycles. The van der Waals surface area contributed by atoms with E-state index in [0.717, 1.165) is 11.3 Å². The molecule has 0 spiro atoms. The SMILES string of the molecule is COC(=O)c1cc2c(cc1NC(C)=O)CC(=O)CC1CN(C(C)=O)CCN21. The molecule has 3 rings (SSSR count). The van der Waals surface area contributed by atoms with Crippen molar-refractivity contribution in [3.63, 3.8) is 0 Å². The van der Waals surface area contributed by atoms with E-state index < -0.39 is 5.97 Å². The molecule has 1 atom stereocenters. The Morgan fingerprint density at radius 2 is 1.93 bits per heavy atom. The lowest BCUT2D eigenvalue weighted by atomic mass is 10.0. The van der Waals surface area contributed by atoms with E-state index in [1.807, 2.05) is 0 Å². The van der Waals surface area contributed by atoms with Crippen molar-refractivity contribution in [1.29, 1.82) is 0 Å². The molecule has 2 heterocycles. The third kappa shape index (κ3) is 3.79. The summed E-state index contributed by atoms with van der Waals surface area (Å²) in [5.74, 6) is -0.819. The maximum atomic E-state index is 12.5. The Labute approximate surface area is 157 Å². The second kappa shape index (κ2) is 7.38. The molecule has 8 heteroatoms. The number of carbonyl (C=O) groups is 4. The van der Waals surface area contributed by atoms with E-state index in [-0.39, 0.29) is 35.6 Å². The number of Topliss-reactive ketones (excluding diaryl/α,β-unsaturated/α-hetero) is 1. The van der Waals surface area contributed by atoms with Crippen molar-refractivity contribution in [3.05, 3.63) is 23.3 Å². The Balaban J connectivity index is 2.07. The van der Waals surface area contributed by atoms with Crippen LogP contribution in [0, 0.1) is 0 Å². The van der Waals surface area contributed by atoms with Gasteiger partial charge in [0.05, 0.1) is 24.4 Å². The van der Waals surface area contributed by atoms with E-state index in [2.05, 4.69) is 10.2 Å². The van der Waals surface area contributed by atoms with Crippen LogP contribution in [0.25, 0.3) is 0 Å². The highest BCUT2D eigenvalue weighted by molar-refractivity contribution is 6.02. The molecule has 0 aromatic heterocycles. The molecule has 1 unspecified atom stereocenters. The van der Waals surface area contributed by atoms with E-state index in [1.165, 1.54) is 21.0 Å². The van der Waals surface area contributed by atoms with E-state index >= 15 is 0 Å². The number of benzene rings is 1. The minimum Gasteiger partial charge on any atom is -0.465 e. The molecule has 2 amide bonds. The van der Waals surface area contributed by atoms with Gasteiger partial charge in [-0.2, -0.15) is 0 Å².